The maximum absolute atomic E-state index is 10.3. The van der Waals surface area contributed by atoms with Crippen molar-refractivity contribution in [2.75, 3.05) is 0 Å². The third-order valence-corrected chi connectivity index (χ3v) is 1.94. The third-order valence-electron chi connectivity index (χ3n) is 1.45. The highest BCUT2D eigenvalue weighted by atomic mass is 32.1. The summed E-state index contributed by atoms with van der Waals surface area (Å²) in [6.45, 7) is 0. The van der Waals surface area contributed by atoms with Crippen LogP contribution in [0.15, 0.2) is 10.5 Å². The number of carboxylic acids is 1. The van der Waals surface area contributed by atoms with Crippen LogP contribution in [0.2, 0.25) is 0 Å². The number of carboxylic acid groups (broad SMARTS) is 1. The van der Waals surface area contributed by atoms with Crippen LogP contribution in [0.1, 0.15) is 19.3 Å². The van der Waals surface area contributed by atoms with Gasteiger partial charge in [-0.05, 0) is 24.2 Å². The molecule has 0 heterocycles. The second kappa shape index (κ2) is 2.43. The van der Waals surface area contributed by atoms with E-state index in [4.69, 9.17) is 5.11 Å². The maximum atomic E-state index is 10.3. The summed E-state index contributed by atoms with van der Waals surface area (Å²) in [6, 6.07) is 0. The molecule has 50 valence electrons. The van der Waals surface area contributed by atoms with Gasteiger partial charge in [0.25, 0.3) is 0 Å². The molecular formula is C6H8O2S. The molecule has 0 aromatic heterocycles. The molecule has 0 atom stereocenters. The molecule has 0 aromatic rings. The van der Waals surface area contributed by atoms with E-state index in [1.54, 1.807) is 0 Å². The van der Waals surface area contributed by atoms with E-state index in [0.717, 1.165) is 17.7 Å². The van der Waals surface area contributed by atoms with Gasteiger partial charge in [-0.3, -0.25) is 0 Å². The van der Waals surface area contributed by atoms with Crippen molar-refractivity contribution in [3.8, 4) is 0 Å². The molecule has 0 amide bonds. The molecule has 0 saturated carbocycles. The molecule has 2 nitrogen and oxygen atoms in total. The van der Waals surface area contributed by atoms with E-state index in [9.17, 15) is 4.79 Å². The Balaban J connectivity index is 2.78. The molecule has 0 fully saturated rings. The SMILES string of the molecule is O=C(O)C1=C(S)CCC1. The lowest BCUT2D eigenvalue weighted by atomic mass is 10.2. The molecule has 3 heteroatoms. The first kappa shape index (κ1) is 6.68. The van der Waals surface area contributed by atoms with Crippen LogP contribution in [0.4, 0.5) is 0 Å². The molecular weight excluding hydrogens is 136 g/mol. The van der Waals surface area contributed by atoms with E-state index < -0.39 is 5.97 Å². The lowest BCUT2D eigenvalue weighted by molar-refractivity contribution is -0.132. The Morgan fingerprint density at radius 2 is 2.22 bits per heavy atom. The fourth-order valence-electron chi connectivity index (χ4n) is 0.958. The van der Waals surface area contributed by atoms with Crippen LogP contribution in [-0.2, 0) is 4.79 Å². The van der Waals surface area contributed by atoms with Crippen molar-refractivity contribution in [3.05, 3.63) is 10.5 Å². The van der Waals surface area contributed by atoms with Crippen LogP contribution < -0.4 is 0 Å². The van der Waals surface area contributed by atoms with Crippen molar-refractivity contribution in [1.29, 1.82) is 0 Å². The normalized spacial score (nSPS) is 18.8. The molecule has 0 spiro atoms. The minimum atomic E-state index is -0.808. The largest absolute Gasteiger partial charge is 0.478 e. The Morgan fingerprint density at radius 1 is 1.56 bits per heavy atom. The summed E-state index contributed by atoms with van der Waals surface area (Å²) in [5.41, 5.74) is 0.498. The minimum Gasteiger partial charge on any atom is -0.478 e. The Morgan fingerprint density at radius 3 is 2.44 bits per heavy atom. The average molecular weight is 144 g/mol. The van der Waals surface area contributed by atoms with Gasteiger partial charge in [0, 0.05) is 5.57 Å². The summed E-state index contributed by atoms with van der Waals surface area (Å²) in [6.07, 6.45) is 2.47. The highest BCUT2D eigenvalue weighted by molar-refractivity contribution is 7.84. The van der Waals surface area contributed by atoms with Crippen molar-refractivity contribution < 1.29 is 9.90 Å². The molecule has 0 unspecified atom stereocenters. The molecule has 9 heavy (non-hydrogen) atoms. The van der Waals surface area contributed by atoms with E-state index >= 15 is 0 Å². The van der Waals surface area contributed by atoms with E-state index in [1.807, 2.05) is 0 Å². The van der Waals surface area contributed by atoms with Gasteiger partial charge >= 0.3 is 5.97 Å². The standard InChI is InChI=1S/C6H8O2S/c7-6(8)4-2-1-3-5(4)9/h9H,1-3H2,(H,7,8). The Labute approximate surface area is 59.0 Å². The summed E-state index contributed by atoms with van der Waals surface area (Å²) in [5, 5.41) is 8.48. The van der Waals surface area contributed by atoms with Gasteiger partial charge in [-0.1, -0.05) is 0 Å². The van der Waals surface area contributed by atoms with Gasteiger partial charge in [-0.15, -0.1) is 12.6 Å². The molecule has 0 saturated heterocycles. The van der Waals surface area contributed by atoms with Crippen LogP contribution in [0.25, 0.3) is 0 Å². The molecule has 1 N–H and O–H groups in total. The zero-order valence-electron chi connectivity index (χ0n) is 4.92. The lowest BCUT2D eigenvalue weighted by Gasteiger charge is -1.91. The first-order valence-electron chi connectivity index (χ1n) is 2.86. The maximum Gasteiger partial charge on any atom is 0.332 e. The number of hydrogen-bond acceptors (Lipinski definition) is 2. The summed E-state index contributed by atoms with van der Waals surface area (Å²) >= 11 is 4.03. The number of aliphatic carboxylic acids is 1. The van der Waals surface area contributed by atoms with Gasteiger partial charge in [0.15, 0.2) is 0 Å². The second-order valence-electron chi connectivity index (χ2n) is 2.08. The molecule has 1 rings (SSSR count). The van der Waals surface area contributed by atoms with Crippen LogP contribution >= 0.6 is 12.6 Å². The monoisotopic (exact) mass is 144 g/mol. The zero-order valence-corrected chi connectivity index (χ0v) is 5.82. The van der Waals surface area contributed by atoms with Gasteiger partial charge in [-0.25, -0.2) is 4.79 Å². The summed E-state index contributed by atoms with van der Waals surface area (Å²) < 4.78 is 0. The molecule has 0 aromatic carbocycles. The van der Waals surface area contributed by atoms with Gasteiger partial charge in [0.1, 0.15) is 0 Å². The van der Waals surface area contributed by atoms with Crippen molar-refractivity contribution in [2.24, 2.45) is 0 Å². The number of allylic oxidation sites excluding steroid dienone is 1. The van der Waals surface area contributed by atoms with E-state index in [0.29, 0.717) is 12.0 Å². The average Bonchev–Trinajstić information content (AvgIpc) is 2.13. The van der Waals surface area contributed by atoms with Gasteiger partial charge in [0.2, 0.25) is 0 Å². The number of carbonyl (C=O) groups is 1. The topological polar surface area (TPSA) is 37.3 Å². The highest BCUT2D eigenvalue weighted by Crippen LogP contribution is 2.28. The fourth-order valence-corrected chi connectivity index (χ4v) is 1.32. The smallest absolute Gasteiger partial charge is 0.332 e. The van der Waals surface area contributed by atoms with E-state index in [2.05, 4.69) is 12.6 Å². The number of thiol groups is 1. The quantitative estimate of drug-likeness (QED) is 0.546. The Hall–Kier alpha value is -0.440. The third kappa shape index (κ3) is 1.27. The zero-order chi connectivity index (χ0) is 6.85. The summed E-state index contributed by atoms with van der Waals surface area (Å²) in [5.74, 6) is -0.808. The van der Waals surface area contributed by atoms with Crippen LogP contribution in [0.3, 0.4) is 0 Å². The van der Waals surface area contributed by atoms with Gasteiger partial charge in [-0.2, -0.15) is 0 Å². The van der Waals surface area contributed by atoms with Crippen molar-refractivity contribution in [2.45, 2.75) is 19.3 Å². The Kier molecular flexibility index (Phi) is 1.81. The molecule has 0 radical (unpaired) electrons. The first-order chi connectivity index (χ1) is 4.22. The van der Waals surface area contributed by atoms with Gasteiger partial charge in [0.05, 0.1) is 0 Å². The van der Waals surface area contributed by atoms with Gasteiger partial charge < -0.3 is 5.11 Å². The summed E-state index contributed by atoms with van der Waals surface area (Å²) in [7, 11) is 0. The van der Waals surface area contributed by atoms with Crippen LogP contribution in [-0.4, -0.2) is 11.1 Å². The number of rotatable bonds is 1. The first-order valence-corrected chi connectivity index (χ1v) is 3.31. The second-order valence-corrected chi connectivity index (χ2v) is 2.62. The molecule has 0 aliphatic heterocycles. The molecule has 0 bridgehead atoms. The highest BCUT2D eigenvalue weighted by Gasteiger charge is 2.16. The Bertz CT molecular complexity index is 172. The number of hydrogen-bond donors (Lipinski definition) is 2. The molecule has 1 aliphatic carbocycles. The lowest BCUT2D eigenvalue weighted by Crippen LogP contribution is -1.97. The summed E-state index contributed by atoms with van der Waals surface area (Å²) in [4.78, 5) is 11.1. The van der Waals surface area contributed by atoms with Crippen LogP contribution in [0.5, 0.6) is 0 Å². The van der Waals surface area contributed by atoms with Crippen molar-refractivity contribution in [3.63, 3.8) is 0 Å². The minimum absolute atomic E-state index is 0.498. The van der Waals surface area contributed by atoms with Crippen molar-refractivity contribution in [1.82, 2.24) is 0 Å². The van der Waals surface area contributed by atoms with E-state index in [1.165, 1.54) is 0 Å². The van der Waals surface area contributed by atoms with E-state index in [-0.39, 0.29) is 0 Å². The predicted octanol–water partition coefficient (Wildman–Crippen LogP) is 1.44. The predicted molar refractivity (Wildman–Crippen MR) is 37.5 cm³/mol. The van der Waals surface area contributed by atoms with Crippen molar-refractivity contribution >= 4 is 18.6 Å². The molecule has 1 aliphatic rings. The van der Waals surface area contributed by atoms with Crippen LogP contribution in [0, 0.1) is 0 Å². The fraction of sp³-hybridized carbons (Fsp3) is 0.500.